The molecule has 30 heavy (non-hydrogen) atoms. The van der Waals surface area contributed by atoms with Crippen LogP contribution in [0.25, 0.3) is 11.3 Å². The number of nitrogens with zero attached hydrogens (tertiary/aromatic N) is 2. The molecule has 6 nitrogen and oxygen atoms in total. The topological polar surface area (TPSA) is 87.5 Å². The van der Waals surface area contributed by atoms with E-state index in [2.05, 4.69) is 15.5 Å². The van der Waals surface area contributed by atoms with Crippen molar-refractivity contribution in [3.63, 3.8) is 0 Å². The second-order valence-electron chi connectivity index (χ2n) is 8.48. The Bertz CT molecular complexity index is 991. The summed E-state index contributed by atoms with van der Waals surface area (Å²) in [7, 11) is 0. The van der Waals surface area contributed by atoms with E-state index in [-0.39, 0.29) is 17.2 Å². The zero-order valence-corrected chi connectivity index (χ0v) is 16.2. The van der Waals surface area contributed by atoms with Crippen LogP contribution in [0.3, 0.4) is 0 Å². The molecule has 2 aliphatic carbocycles. The molecule has 2 saturated carbocycles. The van der Waals surface area contributed by atoms with Crippen LogP contribution in [-0.4, -0.2) is 38.2 Å². The SMILES string of the molecule is Oc1cc(C(F)(F)F)ccc1-c1nnc(N[C@H]2CCC[C@H]2O)c2c1CC1(CC1)OC2. The standard InChI is InChI=1S/C21H22F3N3O3/c22-21(23,24)11-4-5-12(17(29)8-11)18-13-9-20(6-7-20)30-10-14(13)19(27-26-18)25-15-2-1-3-16(15)28/h4-5,8,15-16,28-29H,1-3,6-7,9-10H2,(H,25,27)/t15-,16+/m0/s1. The van der Waals surface area contributed by atoms with E-state index in [1.807, 2.05) is 0 Å². The summed E-state index contributed by atoms with van der Waals surface area (Å²) in [6.07, 6.45) is -0.132. The zero-order valence-electron chi connectivity index (χ0n) is 16.2. The molecule has 1 aliphatic heterocycles. The first-order chi connectivity index (χ1) is 14.3. The van der Waals surface area contributed by atoms with Gasteiger partial charge in [-0.25, -0.2) is 0 Å². The van der Waals surface area contributed by atoms with Gasteiger partial charge in [0.15, 0.2) is 5.82 Å². The second-order valence-corrected chi connectivity index (χ2v) is 8.48. The molecule has 1 aromatic heterocycles. The Morgan fingerprint density at radius 1 is 1.13 bits per heavy atom. The van der Waals surface area contributed by atoms with E-state index >= 15 is 0 Å². The van der Waals surface area contributed by atoms with Gasteiger partial charge in [-0.3, -0.25) is 0 Å². The number of benzene rings is 1. The maximum Gasteiger partial charge on any atom is 0.416 e. The molecule has 2 aromatic rings. The van der Waals surface area contributed by atoms with Gasteiger partial charge in [0.1, 0.15) is 11.4 Å². The van der Waals surface area contributed by atoms with Gasteiger partial charge < -0.3 is 20.3 Å². The number of alkyl halides is 3. The van der Waals surface area contributed by atoms with E-state index in [1.165, 1.54) is 6.07 Å². The van der Waals surface area contributed by atoms with Gasteiger partial charge in [0.2, 0.25) is 0 Å². The molecule has 2 heterocycles. The van der Waals surface area contributed by atoms with Crippen molar-refractivity contribution in [2.24, 2.45) is 0 Å². The molecule has 2 fully saturated rings. The van der Waals surface area contributed by atoms with Crippen LogP contribution in [0.5, 0.6) is 5.75 Å². The number of hydrogen-bond acceptors (Lipinski definition) is 6. The van der Waals surface area contributed by atoms with E-state index in [0.717, 1.165) is 55.4 Å². The molecule has 5 rings (SSSR count). The fraction of sp³-hybridized carbons (Fsp3) is 0.524. The molecule has 0 unspecified atom stereocenters. The number of fused-ring (bicyclic) bond motifs is 1. The number of aromatic nitrogens is 2. The second kappa shape index (κ2) is 6.81. The molecule has 0 radical (unpaired) electrons. The fourth-order valence-corrected chi connectivity index (χ4v) is 4.44. The van der Waals surface area contributed by atoms with Gasteiger partial charge >= 0.3 is 6.18 Å². The van der Waals surface area contributed by atoms with Crippen LogP contribution in [0.15, 0.2) is 18.2 Å². The van der Waals surface area contributed by atoms with E-state index in [1.54, 1.807) is 0 Å². The van der Waals surface area contributed by atoms with Crippen LogP contribution < -0.4 is 5.32 Å². The molecule has 3 aliphatic rings. The van der Waals surface area contributed by atoms with Crippen molar-refractivity contribution in [3.05, 3.63) is 34.9 Å². The summed E-state index contributed by atoms with van der Waals surface area (Å²) in [4.78, 5) is 0. The largest absolute Gasteiger partial charge is 0.507 e. The van der Waals surface area contributed by atoms with Crippen LogP contribution in [0.1, 0.15) is 48.8 Å². The minimum Gasteiger partial charge on any atom is -0.507 e. The minimum atomic E-state index is -4.54. The molecular formula is C21H22F3N3O3. The van der Waals surface area contributed by atoms with E-state index in [4.69, 9.17) is 4.74 Å². The van der Waals surface area contributed by atoms with Gasteiger partial charge in [0.25, 0.3) is 0 Å². The lowest BCUT2D eigenvalue weighted by atomic mass is 9.93. The summed E-state index contributed by atoms with van der Waals surface area (Å²) < 4.78 is 45.0. The van der Waals surface area contributed by atoms with Gasteiger partial charge in [-0.2, -0.15) is 13.2 Å². The molecule has 1 aromatic carbocycles. The van der Waals surface area contributed by atoms with Crippen molar-refractivity contribution in [1.82, 2.24) is 10.2 Å². The summed E-state index contributed by atoms with van der Waals surface area (Å²) in [6, 6.07) is 2.78. The highest BCUT2D eigenvalue weighted by Crippen LogP contribution is 2.49. The maximum atomic E-state index is 13.0. The number of rotatable bonds is 3. The third-order valence-electron chi connectivity index (χ3n) is 6.40. The first kappa shape index (κ1) is 19.6. The Morgan fingerprint density at radius 2 is 1.93 bits per heavy atom. The summed E-state index contributed by atoms with van der Waals surface area (Å²) in [5.41, 5.74) is 1.05. The van der Waals surface area contributed by atoms with Crippen molar-refractivity contribution in [2.45, 2.75) is 69.1 Å². The highest BCUT2D eigenvalue weighted by atomic mass is 19.4. The number of phenolic OH excluding ortho intramolecular Hbond substituents is 1. The van der Waals surface area contributed by atoms with Crippen LogP contribution in [-0.2, 0) is 23.9 Å². The smallest absolute Gasteiger partial charge is 0.416 e. The summed E-state index contributed by atoms with van der Waals surface area (Å²) in [5, 5.41) is 32.3. The van der Waals surface area contributed by atoms with Crippen molar-refractivity contribution >= 4 is 5.82 Å². The van der Waals surface area contributed by atoms with Gasteiger partial charge in [0.05, 0.1) is 29.9 Å². The third kappa shape index (κ3) is 3.39. The van der Waals surface area contributed by atoms with Gasteiger partial charge in [-0.05, 0) is 55.9 Å². The predicted molar refractivity (Wildman–Crippen MR) is 102 cm³/mol. The fourth-order valence-electron chi connectivity index (χ4n) is 4.44. The maximum absolute atomic E-state index is 13.0. The third-order valence-corrected chi connectivity index (χ3v) is 6.40. The van der Waals surface area contributed by atoms with Crippen molar-refractivity contribution in [3.8, 4) is 17.0 Å². The Balaban J connectivity index is 1.56. The van der Waals surface area contributed by atoms with Crippen molar-refractivity contribution < 1.29 is 28.1 Å². The lowest BCUT2D eigenvalue weighted by molar-refractivity contribution is -0.137. The van der Waals surface area contributed by atoms with Gasteiger partial charge in [-0.15, -0.1) is 10.2 Å². The quantitative estimate of drug-likeness (QED) is 0.699. The molecule has 0 bridgehead atoms. The summed E-state index contributed by atoms with van der Waals surface area (Å²) in [5.74, 6) is 0.0474. The molecule has 1 spiro atoms. The number of ether oxygens (including phenoxy) is 1. The molecule has 160 valence electrons. The summed E-state index contributed by atoms with van der Waals surface area (Å²) in [6.45, 7) is 0.310. The molecular weight excluding hydrogens is 399 g/mol. The minimum absolute atomic E-state index is 0.120. The molecule has 0 amide bonds. The number of nitrogens with one attached hydrogen (secondary N) is 1. The number of hydrogen-bond donors (Lipinski definition) is 3. The lowest BCUT2D eigenvalue weighted by Gasteiger charge is -2.29. The average molecular weight is 421 g/mol. The van der Waals surface area contributed by atoms with Gasteiger partial charge in [-0.1, -0.05) is 0 Å². The average Bonchev–Trinajstić information content (AvgIpc) is 3.32. The number of aliphatic hydroxyl groups is 1. The number of aromatic hydroxyl groups is 1. The zero-order chi connectivity index (χ0) is 21.1. The summed E-state index contributed by atoms with van der Waals surface area (Å²) >= 11 is 0. The van der Waals surface area contributed by atoms with Crippen LogP contribution in [0.4, 0.5) is 19.0 Å². The van der Waals surface area contributed by atoms with Gasteiger partial charge in [0, 0.05) is 17.5 Å². The number of halogens is 3. The van der Waals surface area contributed by atoms with Crippen molar-refractivity contribution in [1.29, 1.82) is 0 Å². The van der Waals surface area contributed by atoms with E-state index in [0.29, 0.717) is 24.5 Å². The highest BCUT2D eigenvalue weighted by Gasteiger charge is 2.48. The van der Waals surface area contributed by atoms with Crippen LogP contribution in [0.2, 0.25) is 0 Å². The normalized spacial score (nSPS) is 24.7. The predicted octanol–water partition coefficient (Wildman–Crippen LogP) is 3.80. The Kier molecular flexibility index (Phi) is 4.44. The highest BCUT2D eigenvalue weighted by molar-refractivity contribution is 5.73. The number of aliphatic hydroxyl groups excluding tert-OH is 1. The van der Waals surface area contributed by atoms with Crippen LogP contribution >= 0.6 is 0 Å². The monoisotopic (exact) mass is 421 g/mol. The molecule has 2 atom stereocenters. The van der Waals surface area contributed by atoms with Crippen molar-refractivity contribution in [2.75, 3.05) is 5.32 Å². The first-order valence-electron chi connectivity index (χ1n) is 10.1. The number of phenols is 1. The molecule has 9 heteroatoms. The Labute approximate surface area is 171 Å². The van der Waals surface area contributed by atoms with Crippen LogP contribution in [0, 0.1) is 0 Å². The van der Waals surface area contributed by atoms with E-state index in [9.17, 15) is 23.4 Å². The first-order valence-corrected chi connectivity index (χ1v) is 10.1. The lowest BCUT2D eigenvalue weighted by Crippen LogP contribution is -2.31. The Hall–Kier alpha value is -2.39. The number of anilines is 1. The van der Waals surface area contributed by atoms with E-state index < -0.39 is 23.6 Å². The molecule has 0 saturated heterocycles. The Morgan fingerprint density at radius 3 is 2.57 bits per heavy atom. The molecule has 3 N–H and O–H groups in total.